The normalized spacial score (nSPS) is 23.0. The Kier molecular flexibility index (Phi) is 3.63. The van der Waals surface area contributed by atoms with E-state index in [4.69, 9.17) is 0 Å². The van der Waals surface area contributed by atoms with Gasteiger partial charge in [-0.25, -0.2) is 15.0 Å². The van der Waals surface area contributed by atoms with Crippen LogP contribution in [0, 0.1) is 11.8 Å². The first-order valence-corrected chi connectivity index (χ1v) is 7.89. The lowest BCUT2D eigenvalue weighted by Gasteiger charge is -2.17. The fraction of sp³-hybridized carbons (Fsp3) is 0.278. The van der Waals surface area contributed by atoms with Crippen LogP contribution in [0.15, 0.2) is 54.9 Å². The zero-order valence-corrected chi connectivity index (χ0v) is 12.7. The van der Waals surface area contributed by atoms with E-state index in [2.05, 4.69) is 27.5 Å². The first-order valence-electron chi connectivity index (χ1n) is 7.89. The van der Waals surface area contributed by atoms with Crippen LogP contribution in [0.5, 0.6) is 0 Å². The second-order valence-corrected chi connectivity index (χ2v) is 6.10. The Bertz CT molecular complexity index is 726. The molecule has 2 heterocycles. The first-order chi connectivity index (χ1) is 11.3. The maximum Gasteiger partial charge on any atom is 0.268 e. The van der Waals surface area contributed by atoms with Crippen molar-refractivity contribution in [1.82, 2.24) is 20.4 Å². The predicted octanol–water partition coefficient (Wildman–Crippen LogP) is 2.30. The number of fused-ring (bicyclic) bond motifs is 1. The zero-order chi connectivity index (χ0) is 15.6. The van der Waals surface area contributed by atoms with Crippen molar-refractivity contribution in [2.24, 2.45) is 11.8 Å². The molecule has 4 rings (SSSR count). The van der Waals surface area contributed by atoms with Gasteiger partial charge in [-0.3, -0.25) is 10.2 Å². The molecule has 23 heavy (non-hydrogen) atoms. The van der Waals surface area contributed by atoms with Crippen molar-refractivity contribution in [2.75, 3.05) is 13.1 Å². The van der Waals surface area contributed by atoms with E-state index in [-0.39, 0.29) is 5.91 Å². The summed E-state index contributed by atoms with van der Waals surface area (Å²) in [6.45, 7) is 1.79. The summed E-state index contributed by atoms with van der Waals surface area (Å²) in [5.74, 6) is 1.70. The summed E-state index contributed by atoms with van der Waals surface area (Å²) < 4.78 is 0. The Morgan fingerprint density at radius 3 is 2.65 bits per heavy atom. The van der Waals surface area contributed by atoms with Crippen LogP contribution in [-0.2, 0) is 0 Å². The number of benzene rings is 1. The average Bonchev–Trinajstić information content (AvgIpc) is 3.17. The molecule has 1 aliphatic carbocycles. The smallest absolute Gasteiger partial charge is 0.268 e. The van der Waals surface area contributed by atoms with Crippen LogP contribution < -0.4 is 5.43 Å². The van der Waals surface area contributed by atoms with Crippen molar-refractivity contribution in [3.05, 3.63) is 60.4 Å². The lowest BCUT2D eigenvalue weighted by molar-refractivity contribution is 0.0818. The summed E-state index contributed by atoms with van der Waals surface area (Å²) in [6.07, 6.45) is 8.79. The number of nitrogens with zero attached hydrogens (tertiary/aromatic N) is 3. The summed E-state index contributed by atoms with van der Waals surface area (Å²) in [5, 5.41) is 2.01. The minimum atomic E-state index is -0.145. The third kappa shape index (κ3) is 2.87. The van der Waals surface area contributed by atoms with Crippen molar-refractivity contribution in [3.63, 3.8) is 0 Å². The fourth-order valence-electron chi connectivity index (χ4n) is 3.27. The Hall–Kier alpha value is -2.53. The highest BCUT2D eigenvalue weighted by atomic mass is 16.2. The molecule has 1 amide bonds. The van der Waals surface area contributed by atoms with Crippen LogP contribution in [0.25, 0.3) is 11.4 Å². The molecule has 0 saturated carbocycles. The van der Waals surface area contributed by atoms with Crippen molar-refractivity contribution < 1.29 is 4.79 Å². The first kappa shape index (κ1) is 14.1. The molecule has 1 N–H and O–H groups in total. The minimum Gasteiger partial charge on any atom is -0.285 e. The van der Waals surface area contributed by atoms with Crippen LogP contribution >= 0.6 is 0 Å². The lowest BCUT2D eigenvalue weighted by Crippen LogP contribution is -2.41. The van der Waals surface area contributed by atoms with Crippen LogP contribution in [0.3, 0.4) is 0 Å². The van der Waals surface area contributed by atoms with E-state index in [1.54, 1.807) is 12.4 Å². The van der Waals surface area contributed by atoms with Crippen LogP contribution in [0.4, 0.5) is 0 Å². The standard InChI is InChI=1S/C18H18N4O/c23-18(21-22-11-14-7-4-8-15(14)12-22)16-9-19-17(20-10-16)13-5-2-1-3-6-13/h1-7,9-10,14-15H,8,11-12H2,(H,21,23). The number of amides is 1. The Balaban J connectivity index is 1.42. The zero-order valence-electron chi connectivity index (χ0n) is 12.7. The number of rotatable bonds is 3. The van der Waals surface area contributed by atoms with Gasteiger partial charge >= 0.3 is 0 Å². The Morgan fingerprint density at radius 1 is 1.13 bits per heavy atom. The summed E-state index contributed by atoms with van der Waals surface area (Å²) in [4.78, 5) is 20.9. The van der Waals surface area contributed by atoms with Crippen molar-refractivity contribution in [3.8, 4) is 11.4 Å². The summed E-state index contributed by atoms with van der Waals surface area (Å²) in [5.41, 5.74) is 4.39. The highest BCUT2D eigenvalue weighted by Crippen LogP contribution is 2.31. The van der Waals surface area contributed by atoms with Crippen molar-refractivity contribution in [1.29, 1.82) is 0 Å². The van der Waals surface area contributed by atoms with Gasteiger partial charge in [-0.05, 0) is 18.3 Å². The second-order valence-electron chi connectivity index (χ2n) is 6.10. The molecule has 5 heteroatoms. The molecule has 5 nitrogen and oxygen atoms in total. The van der Waals surface area contributed by atoms with Crippen molar-refractivity contribution in [2.45, 2.75) is 6.42 Å². The molecule has 116 valence electrons. The molecule has 2 aliphatic rings. The van der Waals surface area contributed by atoms with Gasteiger partial charge in [-0.1, -0.05) is 42.5 Å². The highest BCUT2D eigenvalue weighted by Gasteiger charge is 2.33. The molecular weight excluding hydrogens is 288 g/mol. The third-order valence-electron chi connectivity index (χ3n) is 4.52. The quantitative estimate of drug-likeness (QED) is 0.884. The van der Waals surface area contributed by atoms with Gasteiger partial charge in [0.1, 0.15) is 0 Å². The van der Waals surface area contributed by atoms with E-state index >= 15 is 0 Å². The van der Waals surface area contributed by atoms with E-state index in [0.29, 0.717) is 23.2 Å². The molecule has 1 aliphatic heterocycles. The monoisotopic (exact) mass is 306 g/mol. The van der Waals surface area contributed by atoms with E-state index in [1.807, 2.05) is 35.3 Å². The molecule has 0 radical (unpaired) electrons. The average molecular weight is 306 g/mol. The predicted molar refractivity (Wildman–Crippen MR) is 87.2 cm³/mol. The van der Waals surface area contributed by atoms with Crippen LogP contribution in [0.1, 0.15) is 16.8 Å². The second kappa shape index (κ2) is 5.93. The number of hydrogen-bond donors (Lipinski definition) is 1. The molecule has 0 spiro atoms. The molecule has 2 unspecified atom stereocenters. The number of nitrogens with one attached hydrogen (secondary N) is 1. The number of allylic oxidation sites excluding steroid dienone is 1. The van der Waals surface area contributed by atoms with Gasteiger partial charge < -0.3 is 0 Å². The van der Waals surface area contributed by atoms with E-state index in [1.165, 1.54) is 0 Å². The number of carbonyl (C=O) groups excluding carboxylic acids is 1. The van der Waals surface area contributed by atoms with Gasteiger partial charge in [0.25, 0.3) is 5.91 Å². The molecule has 2 atom stereocenters. The molecule has 2 aromatic rings. The largest absolute Gasteiger partial charge is 0.285 e. The third-order valence-corrected chi connectivity index (χ3v) is 4.52. The number of hydrazine groups is 1. The lowest BCUT2D eigenvalue weighted by atomic mass is 10.0. The molecule has 1 fully saturated rings. The minimum absolute atomic E-state index is 0.145. The van der Waals surface area contributed by atoms with E-state index < -0.39 is 0 Å². The van der Waals surface area contributed by atoms with E-state index in [0.717, 1.165) is 25.1 Å². The summed E-state index contributed by atoms with van der Waals surface area (Å²) in [7, 11) is 0. The Morgan fingerprint density at radius 2 is 1.91 bits per heavy atom. The van der Waals surface area contributed by atoms with Crippen molar-refractivity contribution >= 4 is 5.91 Å². The molecule has 1 saturated heterocycles. The summed E-state index contributed by atoms with van der Waals surface area (Å²) >= 11 is 0. The number of hydrogen-bond acceptors (Lipinski definition) is 4. The van der Waals surface area contributed by atoms with E-state index in [9.17, 15) is 4.79 Å². The molecule has 1 aromatic carbocycles. The Labute approximate surface area is 135 Å². The SMILES string of the molecule is O=C(NN1CC2C=CCC2C1)c1cnc(-c2ccccc2)nc1. The van der Waals surface area contributed by atoms with Crippen LogP contribution in [0.2, 0.25) is 0 Å². The van der Waals surface area contributed by atoms with Gasteiger partial charge in [0, 0.05) is 31.0 Å². The maximum atomic E-state index is 12.3. The number of carbonyl (C=O) groups is 1. The fourth-order valence-corrected chi connectivity index (χ4v) is 3.27. The van der Waals surface area contributed by atoms with Gasteiger partial charge in [-0.15, -0.1) is 0 Å². The number of aromatic nitrogens is 2. The highest BCUT2D eigenvalue weighted by molar-refractivity contribution is 5.93. The maximum absolute atomic E-state index is 12.3. The van der Waals surface area contributed by atoms with Gasteiger partial charge in [-0.2, -0.15) is 0 Å². The summed E-state index contributed by atoms with van der Waals surface area (Å²) in [6, 6.07) is 9.74. The molecule has 0 bridgehead atoms. The molecule has 1 aromatic heterocycles. The topological polar surface area (TPSA) is 58.1 Å². The van der Waals surface area contributed by atoms with Gasteiger partial charge in [0.15, 0.2) is 5.82 Å². The molecular formula is C18H18N4O. The van der Waals surface area contributed by atoms with Gasteiger partial charge in [0.2, 0.25) is 0 Å². The van der Waals surface area contributed by atoms with Gasteiger partial charge in [0.05, 0.1) is 5.56 Å². The van der Waals surface area contributed by atoms with Crippen LogP contribution in [-0.4, -0.2) is 34.0 Å².